The highest BCUT2D eigenvalue weighted by molar-refractivity contribution is 7.89. The van der Waals surface area contributed by atoms with Crippen molar-refractivity contribution in [2.24, 2.45) is 4.99 Å². The van der Waals surface area contributed by atoms with Crippen molar-refractivity contribution in [3.05, 3.63) is 23.2 Å². The molecule has 1 aromatic rings. The van der Waals surface area contributed by atoms with Crippen LogP contribution in [0.15, 0.2) is 28.1 Å². The van der Waals surface area contributed by atoms with Gasteiger partial charge in [-0.15, -0.1) is 0 Å². The molecule has 1 aromatic carbocycles. The molecule has 144 valence electrons. The highest BCUT2D eigenvalue weighted by atomic mass is 35.5. The molecule has 0 atom stereocenters. The highest BCUT2D eigenvalue weighted by Crippen LogP contribution is 2.30. The van der Waals surface area contributed by atoms with E-state index in [1.54, 1.807) is 6.07 Å². The van der Waals surface area contributed by atoms with Gasteiger partial charge in [0.1, 0.15) is 12.4 Å². The average Bonchev–Trinajstić information content (AvgIpc) is 2.68. The van der Waals surface area contributed by atoms with E-state index in [1.807, 2.05) is 4.90 Å². The number of halogens is 1. The van der Waals surface area contributed by atoms with Gasteiger partial charge in [-0.1, -0.05) is 18.0 Å². The normalized spacial score (nSPS) is 20.4. The number of rotatable bonds is 4. The maximum absolute atomic E-state index is 12.9. The average molecular weight is 400 g/mol. The van der Waals surface area contributed by atoms with E-state index in [0.29, 0.717) is 29.6 Å². The number of piperidine rings is 2. The Morgan fingerprint density at radius 3 is 2.27 bits per heavy atom. The van der Waals surface area contributed by atoms with Gasteiger partial charge in [-0.3, -0.25) is 0 Å². The summed E-state index contributed by atoms with van der Waals surface area (Å²) >= 11 is 6.26. The summed E-state index contributed by atoms with van der Waals surface area (Å²) in [5.41, 5.74) is 0.388. The lowest BCUT2D eigenvalue weighted by molar-refractivity contribution is 0.293. The molecule has 2 heterocycles. The summed E-state index contributed by atoms with van der Waals surface area (Å²) in [6.07, 6.45) is 6.16. The van der Waals surface area contributed by atoms with Crippen LogP contribution in [0.25, 0.3) is 0 Å². The third-order valence-corrected chi connectivity index (χ3v) is 7.20. The molecule has 6 nitrogen and oxygen atoms in total. The first kappa shape index (κ1) is 19.6. The van der Waals surface area contributed by atoms with Crippen LogP contribution in [0.3, 0.4) is 0 Å². The molecule has 2 saturated heterocycles. The van der Waals surface area contributed by atoms with Gasteiger partial charge in [0.15, 0.2) is 0 Å². The molecule has 26 heavy (non-hydrogen) atoms. The number of amidine groups is 1. The maximum atomic E-state index is 12.9. The standard InChI is InChI=1S/C18H26ClN3O3S/c19-16-8-7-15(26(24,25)22-11-5-2-6-12-22)13-17(16)20-18(14-23)21-9-3-1-4-10-21/h7-8,13,23H,1-6,9-12,14H2. The van der Waals surface area contributed by atoms with E-state index in [0.717, 1.165) is 45.2 Å². The fraction of sp³-hybridized carbons (Fsp3) is 0.611. The largest absolute Gasteiger partial charge is 0.388 e. The molecule has 0 saturated carbocycles. The second kappa shape index (κ2) is 8.69. The number of hydrogen-bond acceptors (Lipinski definition) is 4. The molecule has 0 spiro atoms. The van der Waals surface area contributed by atoms with Crippen molar-refractivity contribution in [3.8, 4) is 0 Å². The molecule has 0 bridgehead atoms. The molecular formula is C18H26ClN3O3S. The fourth-order valence-corrected chi connectivity index (χ4v) is 5.19. The van der Waals surface area contributed by atoms with E-state index >= 15 is 0 Å². The van der Waals surface area contributed by atoms with Gasteiger partial charge in [-0.25, -0.2) is 13.4 Å². The van der Waals surface area contributed by atoms with E-state index in [1.165, 1.54) is 22.9 Å². The quantitative estimate of drug-likeness (QED) is 0.623. The van der Waals surface area contributed by atoms with Gasteiger partial charge in [0.2, 0.25) is 10.0 Å². The van der Waals surface area contributed by atoms with E-state index in [4.69, 9.17) is 11.6 Å². The Morgan fingerprint density at radius 1 is 1.04 bits per heavy atom. The minimum Gasteiger partial charge on any atom is -0.388 e. The van der Waals surface area contributed by atoms with Crippen LogP contribution in [0.1, 0.15) is 38.5 Å². The first-order chi connectivity index (χ1) is 12.5. The van der Waals surface area contributed by atoms with E-state index < -0.39 is 10.0 Å². The Hall–Kier alpha value is -1.15. The Labute approximate surface area is 160 Å². The van der Waals surface area contributed by atoms with Crippen molar-refractivity contribution in [2.45, 2.75) is 43.4 Å². The van der Waals surface area contributed by atoms with Crippen molar-refractivity contribution < 1.29 is 13.5 Å². The first-order valence-electron chi connectivity index (χ1n) is 9.25. The molecule has 2 aliphatic rings. The van der Waals surface area contributed by atoms with Gasteiger partial charge in [0.25, 0.3) is 0 Å². The Balaban J connectivity index is 1.90. The zero-order valence-electron chi connectivity index (χ0n) is 14.9. The SMILES string of the molecule is O=S(=O)(c1ccc(Cl)c(N=C(CO)N2CCCCC2)c1)N1CCCCC1. The molecular weight excluding hydrogens is 374 g/mol. The van der Waals surface area contributed by atoms with Crippen LogP contribution in [-0.4, -0.2) is 61.4 Å². The van der Waals surface area contributed by atoms with Gasteiger partial charge in [-0.05, 0) is 50.3 Å². The number of nitrogens with zero attached hydrogens (tertiary/aromatic N) is 3. The summed E-state index contributed by atoms with van der Waals surface area (Å²) in [5, 5.41) is 10.1. The summed E-state index contributed by atoms with van der Waals surface area (Å²) in [4.78, 5) is 6.75. The Kier molecular flexibility index (Phi) is 6.55. The van der Waals surface area contributed by atoms with Crippen LogP contribution < -0.4 is 0 Å². The number of likely N-dealkylation sites (tertiary alicyclic amines) is 1. The predicted molar refractivity (Wildman–Crippen MR) is 104 cm³/mol. The molecule has 1 N–H and O–H groups in total. The lowest BCUT2D eigenvalue weighted by Crippen LogP contribution is -2.37. The third-order valence-electron chi connectivity index (χ3n) is 4.98. The van der Waals surface area contributed by atoms with Crippen molar-refractivity contribution in [1.82, 2.24) is 9.21 Å². The summed E-state index contributed by atoms with van der Waals surface area (Å²) in [6.45, 7) is 2.61. The molecule has 2 fully saturated rings. The number of hydrogen-bond donors (Lipinski definition) is 1. The van der Waals surface area contributed by atoms with Crippen molar-refractivity contribution >= 4 is 33.1 Å². The molecule has 3 rings (SSSR count). The molecule has 0 aliphatic carbocycles. The number of sulfonamides is 1. The number of aliphatic hydroxyl groups excluding tert-OH is 1. The fourth-order valence-electron chi connectivity index (χ4n) is 3.49. The van der Waals surface area contributed by atoms with Crippen LogP contribution in [0.5, 0.6) is 0 Å². The van der Waals surface area contributed by atoms with Gasteiger partial charge in [0.05, 0.1) is 15.6 Å². The lowest BCUT2D eigenvalue weighted by Gasteiger charge is -2.29. The number of benzene rings is 1. The zero-order valence-corrected chi connectivity index (χ0v) is 16.5. The monoisotopic (exact) mass is 399 g/mol. The second-order valence-corrected chi connectivity index (χ2v) is 9.16. The van der Waals surface area contributed by atoms with Crippen molar-refractivity contribution in [1.29, 1.82) is 0 Å². The van der Waals surface area contributed by atoms with E-state index in [9.17, 15) is 13.5 Å². The maximum Gasteiger partial charge on any atom is 0.243 e. The molecule has 0 amide bonds. The van der Waals surface area contributed by atoms with Gasteiger partial charge < -0.3 is 10.0 Å². The smallest absolute Gasteiger partial charge is 0.243 e. The van der Waals surface area contributed by atoms with Gasteiger partial charge in [-0.2, -0.15) is 4.31 Å². The van der Waals surface area contributed by atoms with Crippen molar-refractivity contribution in [3.63, 3.8) is 0 Å². The molecule has 0 radical (unpaired) electrons. The second-order valence-electron chi connectivity index (χ2n) is 6.81. The summed E-state index contributed by atoms with van der Waals surface area (Å²) in [5.74, 6) is 0.541. The van der Waals surface area contributed by atoms with Crippen LogP contribution in [-0.2, 0) is 10.0 Å². The van der Waals surface area contributed by atoms with Crippen molar-refractivity contribution in [2.75, 3.05) is 32.8 Å². The predicted octanol–water partition coefficient (Wildman–Crippen LogP) is 3.02. The van der Waals surface area contributed by atoms with Crippen LogP contribution in [0.4, 0.5) is 5.69 Å². The van der Waals surface area contributed by atoms with Crippen LogP contribution in [0.2, 0.25) is 5.02 Å². The van der Waals surface area contributed by atoms with E-state index in [2.05, 4.69) is 4.99 Å². The topological polar surface area (TPSA) is 73.2 Å². The molecule has 2 aliphatic heterocycles. The minimum absolute atomic E-state index is 0.195. The Morgan fingerprint density at radius 2 is 1.65 bits per heavy atom. The summed E-state index contributed by atoms with van der Waals surface area (Å²) < 4.78 is 27.3. The highest BCUT2D eigenvalue weighted by Gasteiger charge is 2.26. The van der Waals surface area contributed by atoms with Gasteiger partial charge in [0, 0.05) is 26.2 Å². The Bertz CT molecular complexity index is 755. The summed E-state index contributed by atoms with van der Waals surface area (Å²) in [6, 6.07) is 4.62. The lowest BCUT2D eigenvalue weighted by atomic mass is 10.1. The molecule has 8 heteroatoms. The number of aliphatic hydroxyl groups is 1. The minimum atomic E-state index is -3.54. The summed E-state index contributed by atoms with van der Waals surface area (Å²) in [7, 11) is -3.54. The molecule has 0 aromatic heterocycles. The zero-order chi connectivity index (χ0) is 18.6. The third kappa shape index (κ3) is 4.39. The van der Waals surface area contributed by atoms with Crippen LogP contribution >= 0.6 is 11.6 Å². The first-order valence-corrected chi connectivity index (χ1v) is 11.1. The van der Waals surface area contributed by atoms with Crippen LogP contribution in [0, 0.1) is 0 Å². The van der Waals surface area contributed by atoms with E-state index in [-0.39, 0.29) is 11.5 Å². The van der Waals surface area contributed by atoms with Gasteiger partial charge >= 0.3 is 0 Å². The molecule has 0 unspecified atom stereocenters. The number of aliphatic imine (C=N–C) groups is 1.